The maximum atomic E-state index is 14.9. The molecule has 0 bridgehead atoms. The van der Waals surface area contributed by atoms with Crippen molar-refractivity contribution in [3.05, 3.63) is 29.4 Å². The number of nitrogens with zero attached hydrogens (tertiary/aromatic N) is 5. The number of nitrogens with one attached hydrogen (secondary N) is 2. The molecule has 0 aliphatic carbocycles. The fraction of sp³-hybridized carbons (Fsp3) is 0.450. The van der Waals surface area contributed by atoms with E-state index in [2.05, 4.69) is 30.8 Å². The van der Waals surface area contributed by atoms with Gasteiger partial charge >= 0.3 is 6.03 Å². The molecular weight excluding hydrogens is 405 g/mol. The minimum Gasteiger partial charge on any atom is -0.321 e. The Morgan fingerprint density at radius 3 is 3.00 bits per heavy atom. The number of aryl methyl sites for hydroxylation is 1. The Balaban J connectivity index is 1.41. The number of alkyl halides is 1. The summed E-state index contributed by atoms with van der Waals surface area (Å²) in [5, 5.41) is 15.4. The molecule has 0 radical (unpaired) electrons. The van der Waals surface area contributed by atoms with Crippen molar-refractivity contribution in [2.45, 2.75) is 45.3 Å². The van der Waals surface area contributed by atoms with Gasteiger partial charge in [0.2, 0.25) is 0 Å². The highest BCUT2D eigenvalue weighted by Crippen LogP contribution is 2.24. The Labute approximate surface area is 186 Å². The predicted molar refractivity (Wildman–Crippen MR) is 115 cm³/mol. The van der Waals surface area contributed by atoms with E-state index >= 15 is 0 Å². The number of amides is 2. The van der Waals surface area contributed by atoms with Gasteiger partial charge in [0.1, 0.15) is 22.7 Å². The van der Waals surface area contributed by atoms with Crippen LogP contribution in [0.3, 0.4) is 0 Å². The highest BCUT2D eigenvalue weighted by atomic mass is 32.1. The fourth-order valence-corrected chi connectivity index (χ4v) is 3.94. The van der Waals surface area contributed by atoms with Crippen molar-refractivity contribution >= 4 is 34.1 Å². The van der Waals surface area contributed by atoms with Gasteiger partial charge in [0.25, 0.3) is 0 Å². The summed E-state index contributed by atoms with van der Waals surface area (Å²) in [4.78, 5) is 22.8. The SMILES string of the molecule is [2H]C([2H])([2H])C(N[C@H]1CCN(C(=O)Nc2cc3nc(-c4nnc(C)s4)ccc3cn2)C[C@@H]1F)C([2H])([2H])[2H]. The number of fused-ring (bicyclic) bond motifs is 1. The van der Waals surface area contributed by atoms with Gasteiger partial charge in [-0.05, 0) is 25.5 Å². The largest absolute Gasteiger partial charge is 0.323 e. The summed E-state index contributed by atoms with van der Waals surface area (Å²) < 4.78 is 59.7. The summed E-state index contributed by atoms with van der Waals surface area (Å²) in [5.74, 6) is 0.228. The van der Waals surface area contributed by atoms with Gasteiger partial charge in [-0.15, -0.1) is 10.2 Å². The van der Waals surface area contributed by atoms with Crippen LogP contribution < -0.4 is 10.6 Å². The molecule has 0 aromatic carbocycles. The average molecular weight is 436 g/mol. The number of hydrogen-bond acceptors (Lipinski definition) is 7. The van der Waals surface area contributed by atoms with Gasteiger partial charge in [0, 0.05) is 44.5 Å². The van der Waals surface area contributed by atoms with Crippen molar-refractivity contribution < 1.29 is 17.4 Å². The molecule has 8 nitrogen and oxygen atoms in total. The molecule has 30 heavy (non-hydrogen) atoms. The number of carbonyl (C=O) groups excluding carboxylic acids is 1. The molecule has 1 aliphatic rings. The van der Waals surface area contributed by atoms with Crippen molar-refractivity contribution in [3.63, 3.8) is 0 Å². The zero-order valence-corrected chi connectivity index (χ0v) is 16.9. The monoisotopic (exact) mass is 435 g/mol. The predicted octanol–water partition coefficient (Wildman–Crippen LogP) is 3.40. The van der Waals surface area contributed by atoms with Gasteiger partial charge in [-0.1, -0.05) is 25.0 Å². The quantitative estimate of drug-likeness (QED) is 0.652. The van der Waals surface area contributed by atoms with Crippen molar-refractivity contribution in [2.24, 2.45) is 0 Å². The standard InChI is InChI=1S/C20H24FN7OS/c1-11(2)23-15-6-7-28(10-14(15)21)20(29)25-18-8-17-13(9-22-18)4-5-16(24-17)19-27-26-12(3)30-19/h4-5,8-9,11,14-15,23H,6-7,10H2,1-3H3,(H,22,25,29)/t14-,15-/m0/s1/i1D3,2D3. The first-order chi connectivity index (χ1) is 16.8. The number of likely N-dealkylation sites (tertiary alicyclic amines) is 1. The number of aromatic nitrogens is 4. The summed E-state index contributed by atoms with van der Waals surface area (Å²) in [6, 6.07) is 1.79. The molecule has 2 amide bonds. The van der Waals surface area contributed by atoms with Crippen LogP contribution in [0.5, 0.6) is 0 Å². The van der Waals surface area contributed by atoms with Gasteiger partial charge in [0.15, 0.2) is 5.01 Å². The van der Waals surface area contributed by atoms with Gasteiger partial charge in [-0.3, -0.25) is 5.32 Å². The Morgan fingerprint density at radius 2 is 2.27 bits per heavy atom. The van der Waals surface area contributed by atoms with E-state index in [-0.39, 0.29) is 25.3 Å². The second-order valence-electron chi connectivity index (χ2n) is 6.97. The number of pyridine rings is 2. The molecule has 4 rings (SSSR count). The zero-order chi connectivity index (χ0) is 26.3. The van der Waals surface area contributed by atoms with Crippen LogP contribution in [0.25, 0.3) is 21.6 Å². The van der Waals surface area contributed by atoms with E-state index < -0.39 is 38.0 Å². The lowest BCUT2D eigenvalue weighted by Crippen LogP contribution is -2.54. The molecule has 158 valence electrons. The Bertz CT molecular complexity index is 1240. The molecule has 3 aromatic heterocycles. The molecule has 3 aromatic rings. The van der Waals surface area contributed by atoms with E-state index in [9.17, 15) is 9.18 Å². The van der Waals surface area contributed by atoms with Crippen LogP contribution in [0, 0.1) is 6.92 Å². The highest BCUT2D eigenvalue weighted by molar-refractivity contribution is 7.14. The van der Waals surface area contributed by atoms with E-state index in [0.717, 1.165) is 10.4 Å². The number of carbonyl (C=O) groups is 1. The minimum absolute atomic E-state index is 0.0502. The summed E-state index contributed by atoms with van der Waals surface area (Å²) in [5.41, 5.74) is 1.22. The van der Waals surface area contributed by atoms with Gasteiger partial charge in [-0.25, -0.2) is 19.2 Å². The molecule has 2 N–H and O–H groups in total. The van der Waals surface area contributed by atoms with Gasteiger partial charge in [0.05, 0.1) is 12.1 Å². The first kappa shape index (κ1) is 14.3. The Morgan fingerprint density at radius 1 is 1.40 bits per heavy atom. The summed E-state index contributed by atoms with van der Waals surface area (Å²) in [7, 11) is 0. The van der Waals surface area contributed by atoms with Crippen molar-refractivity contribution in [3.8, 4) is 10.7 Å². The molecule has 0 spiro atoms. The smallest absolute Gasteiger partial charge is 0.321 e. The molecule has 1 saturated heterocycles. The summed E-state index contributed by atoms with van der Waals surface area (Å²) in [6.45, 7) is -4.04. The summed E-state index contributed by atoms with van der Waals surface area (Å²) >= 11 is 1.41. The van der Waals surface area contributed by atoms with Gasteiger partial charge < -0.3 is 10.2 Å². The maximum absolute atomic E-state index is 14.9. The fourth-order valence-electron chi connectivity index (χ4n) is 3.28. The van der Waals surface area contributed by atoms with E-state index in [1.807, 2.05) is 19.1 Å². The van der Waals surface area contributed by atoms with E-state index in [1.165, 1.54) is 16.2 Å². The average Bonchev–Trinajstić information content (AvgIpc) is 3.22. The molecule has 0 saturated carbocycles. The van der Waals surface area contributed by atoms with Crippen LogP contribution in [0.2, 0.25) is 0 Å². The number of halogens is 1. The Kier molecular flexibility index (Phi) is 4.09. The molecule has 4 heterocycles. The van der Waals surface area contributed by atoms with E-state index in [0.29, 0.717) is 16.2 Å². The van der Waals surface area contributed by atoms with Crippen LogP contribution in [-0.2, 0) is 0 Å². The van der Waals surface area contributed by atoms with Crippen LogP contribution in [-0.4, -0.2) is 62.4 Å². The topological polar surface area (TPSA) is 95.9 Å². The van der Waals surface area contributed by atoms with Crippen molar-refractivity contribution in [1.29, 1.82) is 0 Å². The van der Waals surface area contributed by atoms with Crippen LogP contribution >= 0.6 is 11.3 Å². The maximum Gasteiger partial charge on any atom is 0.323 e. The number of anilines is 1. The van der Waals surface area contributed by atoms with Crippen molar-refractivity contribution in [1.82, 2.24) is 30.4 Å². The first-order valence-electron chi connectivity index (χ1n) is 12.3. The normalized spacial score (nSPS) is 23.2. The molecule has 10 heteroatoms. The Hall–Kier alpha value is -2.72. The number of hydrogen-bond donors (Lipinski definition) is 2. The molecule has 1 aliphatic heterocycles. The van der Waals surface area contributed by atoms with Crippen molar-refractivity contribution in [2.75, 3.05) is 18.4 Å². The van der Waals surface area contributed by atoms with E-state index in [1.54, 1.807) is 12.3 Å². The third-order valence-corrected chi connectivity index (χ3v) is 5.62. The number of urea groups is 1. The highest BCUT2D eigenvalue weighted by Gasteiger charge is 2.31. The van der Waals surface area contributed by atoms with Crippen LogP contribution in [0.4, 0.5) is 15.0 Å². The van der Waals surface area contributed by atoms with Crippen LogP contribution in [0.15, 0.2) is 24.4 Å². The van der Waals surface area contributed by atoms with Gasteiger partial charge in [-0.2, -0.15) is 0 Å². The third-order valence-electron chi connectivity index (χ3n) is 4.76. The minimum atomic E-state index is -2.83. The third kappa shape index (κ3) is 4.54. The lowest BCUT2D eigenvalue weighted by atomic mass is 10.0. The second kappa shape index (κ2) is 8.57. The van der Waals surface area contributed by atoms with E-state index in [4.69, 9.17) is 8.22 Å². The lowest BCUT2D eigenvalue weighted by Gasteiger charge is -2.35. The molecular formula is C20H24FN7OS. The lowest BCUT2D eigenvalue weighted by molar-refractivity contribution is 0.119. The molecule has 2 atom stereocenters. The molecule has 1 fully saturated rings. The first-order valence-corrected chi connectivity index (χ1v) is 10.2. The number of rotatable bonds is 4. The summed E-state index contributed by atoms with van der Waals surface area (Å²) in [6.07, 6.45) is -0.0413. The van der Waals surface area contributed by atoms with Crippen LogP contribution in [0.1, 0.15) is 33.4 Å². The second-order valence-corrected chi connectivity index (χ2v) is 8.15. The molecule has 0 unspecified atom stereocenters. The zero-order valence-electron chi connectivity index (χ0n) is 22.1. The number of piperidine rings is 1.